The Morgan fingerprint density at radius 3 is 2.32 bits per heavy atom. The maximum Gasteiger partial charge on any atom is 0.435 e. The van der Waals surface area contributed by atoms with E-state index < -0.39 is 27.8 Å². The van der Waals surface area contributed by atoms with Crippen molar-refractivity contribution in [2.45, 2.75) is 6.18 Å². The van der Waals surface area contributed by atoms with Crippen molar-refractivity contribution < 1.29 is 31.1 Å². The standard InChI is InChI=1S/C19H17F3N4O4S/c1-30-16-8-5-13(11-15(16)25-31(2,28)29)23-18(27)12-3-6-14(7-4-12)26-10-9-17(24-26)19(20,21)22/h3-11,25H,1-2H3,(H,23,27). The van der Waals surface area contributed by atoms with Gasteiger partial charge in [0.15, 0.2) is 5.69 Å². The van der Waals surface area contributed by atoms with Crippen LogP contribution in [0.5, 0.6) is 5.75 Å². The molecule has 0 unspecified atom stereocenters. The summed E-state index contributed by atoms with van der Waals surface area (Å²) in [7, 11) is -2.19. The lowest BCUT2D eigenvalue weighted by molar-refractivity contribution is -0.141. The maximum atomic E-state index is 12.7. The highest BCUT2D eigenvalue weighted by Gasteiger charge is 2.33. The number of aromatic nitrogens is 2. The van der Waals surface area contributed by atoms with Crippen molar-refractivity contribution in [2.24, 2.45) is 0 Å². The highest BCUT2D eigenvalue weighted by molar-refractivity contribution is 7.92. The third-order valence-corrected chi connectivity index (χ3v) is 4.62. The van der Waals surface area contributed by atoms with Gasteiger partial charge in [0.25, 0.3) is 5.91 Å². The number of hydrogen-bond acceptors (Lipinski definition) is 5. The monoisotopic (exact) mass is 454 g/mol. The molecule has 0 bridgehead atoms. The normalized spacial score (nSPS) is 11.8. The summed E-state index contributed by atoms with van der Waals surface area (Å²) in [6.07, 6.45) is -2.39. The number of nitrogens with zero attached hydrogens (tertiary/aromatic N) is 2. The molecule has 0 aliphatic rings. The quantitative estimate of drug-likeness (QED) is 0.593. The van der Waals surface area contributed by atoms with Gasteiger partial charge in [-0.2, -0.15) is 18.3 Å². The van der Waals surface area contributed by atoms with Crippen molar-refractivity contribution in [3.8, 4) is 11.4 Å². The van der Waals surface area contributed by atoms with Crippen LogP contribution in [0.3, 0.4) is 0 Å². The SMILES string of the molecule is COc1ccc(NC(=O)c2ccc(-n3ccc(C(F)(F)F)n3)cc2)cc1NS(C)(=O)=O. The molecule has 2 N–H and O–H groups in total. The number of nitrogens with one attached hydrogen (secondary N) is 2. The van der Waals surface area contributed by atoms with Gasteiger partial charge >= 0.3 is 6.18 Å². The molecule has 0 saturated carbocycles. The molecule has 1 heterocycles. The molecule has 0 radical (unpaired) electrons. The van der Waals surface area contributed by atoms with Gasteiger partial charge in [-0.05, 0) is 48.5 Å². The number of rotatable bonds is 6. The lowest BCUT2D eigenvalue weighted by atomic mass is 10.2. The zero-order valence-corrected chi connectivity index (χ0v) is 17.1. The van der Waals surface area contributed by atoms with Gasteiger partial charge in [0.05, 0.1) is 24.7 Å². The summed E-state index contributed by atoms with van der Waals surface area (Å²) < 4.78 is 69.5. The zero-order valence-electron chi connectivity index (χ0n) is 16.3. The van der Waals surface area contributed by atoms with Crippen molar-refractivity contribution in [1.29, 1.82) is 0 Å². The van der Waals surface area contributed by atoms with Crippen LogP contribution in [0.1, 0.15) is 16.1 Å². The Balaban J connectivity index is 1.77. The van der Waals surface area contributed by atoms with Gasteiger partial charge < -0.3 is 10.1 Å². The molecule has 3 rings (SSSR count). The number of alkyl halides is 3. The Morgan fingerprint density at radius 1 is 1.10 bits per heavy atom. The smallest absolute Gasteiger partial charge is 0.435 e. The second-order valence-corrected chi connectivity index (χ2v) is 8.18. The Hall–Kier alpha value is -3.54. The lowest BCUT2D eigenvalue weighted by Crippen LogP contribution is -2.14. The number of sulfonamides is 1. The van der Waals surface area contributed by atoms with Crippen LogP contribution in [0.2, 0.25) is 0 Å². The number of benzene rings is 2. The minimum absolute atomic E-state index is 0.150. The first-order valence-electron chi connectivity index (χ1n) is 8.67. The van der Waals surface area contributed by atoms with E-state index in [1.807, 2.05) is 0 Å². The van der Waals surface area contributed by atoms with Crippen molar-refractivity contribution in [1.82, 2.24) is 9.78 Å². The Morgan fingerprint density at radius 2 is 1.77 bits per heavy atom. The van der Waals surface area contributed by atoms with Crippen molar-refractivity contribution in [2.75, 3.05) is 23.4 Å². The van der Waals surface area contributed by atoms with E-state index >= 15 is 0 Å². The number of amides is 1. The number of methoxy groups -OCH3 is 1. The van der Waals surface area contributed by atoms with Crippen LogP contribution >= 0.6 is 0 Å². The van der Waals surface area contributed by atoms with Crippen LogP contribution in [0, 0.1) is 0 Å². The third kappa shape index (κ3) is 5.54. The number of carbonyl (C=O) groups excluding carboxylic acids is 1. The molecule has 0 saturated heterocycles. The predicted octanol–water partition coefficient (Wildman–Crippen LogP) is 3.52. The summed E-state index contributed by atoms with van der Waals surface area (Å²) in [6, 6.07) is 11.0. The maximum absolute atomic E-state index is 12.7. The van der Waals surface area contributed by atoms with E-state index in [2.05, 4.69) is 15.1 Å². The Kier molecular flexibility index (Phi) is 5.93. The second kappa shape index (κ2) is 8.30. The summed E-state index contributed by atoms with van der Waals surface area (Å²) in [5.74, 6) is -0.233. The topological polar surface area (TPSA) is 102 Å². The molecule has 31 heavy (non-hydrogen) atoms. The Bertz CT molecular complexity index is 1210. The number of hydrogen-bond donors (Lipinski definition) is 2. The van der Waals surface area contributed by atoms with Crippen LogP contribution in [0.25, 0.3) is 5.69 Å². The minimum Gasteiger partial charge on any atom is -0.495 e. The summed E-state index contributed by atoms with van der Waals surface area (Å²) in [4.78, 5) is 12.5. The molecule has 0 spiro atoms. The largest absolute Gasteiger partial charge is 0.495 e. The van der Waals surface area contributed by atoms with Gasteiger partial charge in [-0.15, -0.1) is 0 Å². The molecule has 164 valence electrons. The van der Waals surface area contributed by atoms with Gasteiger partial charge in [0.2, 0.25) is 10.0 Å². The molecule has 8 nitrogen and oxygen atoms in total. The summed E-state index contributed by atoms with van der Waals surface area (Å²) >= 11 is 0. The summed E-state index contributed by atoms with van der Waals surface area (Å²) in [5, 5.41) is 6.09. The molecule has 2 aromatic carbocycles. The lowest BCUT2D eigenvalue weighted by Gasteiger charge is -2.12. The molecular formula is C19H17F3N4O4S. The van der Waals surface area contributed by atoms with Gasteiger partial charge in [-0.3, -0.25) is 9.52 Å². The first-order chi connectivity index (χ1) is 14.5. The number of ether oxygens (including phenoxy) is 1. The molecule has 0 aliphatic carbocycles. The first-order valence-corrected chi connectivity index (χ1v) is 10.6. The van der Waals surface area contributed by atoms with Crippen LogP contribution in [-0.2, 0) is 16.2 Å². The van der Waals surface area contributed by atoms with E-state index in [9.17, 15) is 26.4 Å². The Labute approximate surface area is 175 Å². The fourth-order valence-electron chi connectivity index (χ4n) is 2.65. The van der Waals surface area contributed by atoms with E-state index in [1.54, 1.807) is 0 Å². The van der Waals surface area contributed by atoms with Crippen molar-refractivity contribution >= 4 is 27.3 Å². The van der Waals surface area contributed by atoms with Crippen molar-refractivity contribution in [3.63, 3.8) is 0 Å². The predicted molar refractivity (Wildman–Crippen MR) is 108 cm³/mol. The summed E-state index contributed by atoms with van der Waals surface area (Å²) in [5.41, 5.74) is 0.0177. The molecular weight excluding hydrogens is 437 g/mol. The summed E-state index contributed by atoms with van der Waals surface area (Å²) in [6.45, 7) is 0. The van der Waals surface area contributed by atoms with E-state index in [4.69, 9.17) is 4.74 Å². The second-order valence-electron chi connectivity index (χ2n) is 6.43. The third-order valence-electron chi connectivity index (χ3n) is 4.03. The highest BCUT2D eigenvalue weighted by atomic mass is 32.2. The van der Waals surface area contributed by atoms with Crippen molar-refractivity contribution in [3.05, 3.63) is 66.0 Å². The van der Waals surface area contributed by atoms with E-state index in [1.165, 1.54) is 55.8 Å². The van der Waals surface area contributed by atoms with Crippen LogP contribution in [0.15, 0.2) is 54.7 Å². The zero-order chi connectivity index (χ0) is 22.8. The molecule has 0 fully saturated rings. The van der Waals surface area contributed by atoms with E-state index in [-0.39, 0.29) is 17.0 Å². The highest BCUT2D eigenvalue weighted by Crippen LogP contribution is 2.29. The fraction of sp³-hybridized carbons (Fsp3) is 0.158. The molecule has 3 aromatic rings. The molecule has 0 aliphatic heterocycles. The minimum atomic E-state index is -4.55. The van der Waals surface area contributed by atoms with Gasteiger partial charge in [0, 0.05) is 17.4 Å². The van der Waals surface area contributed by atoms with Crippen LogP contribution in [-0.4, -0.2) is 37.5 Å². The molecule has 12 heteroatoms. The average Bonchev–Trinajstić information content (AvgIpc) is 3.18. The van der Waals surface area contributed by atoms with E-state index in [0.29, 0.717) is 11.4 Å². The van der Waals surface area contributed by atoms with Crippen LogP contribution in [0.4, 0.5) is 24.5 Å². The number of anilines is 2. The first kappa shape index (κ1) is 22.2. The molecule has 0 atom stereocenters. The van der Waals surface area contributed by atoms with Crippen LogP contribution < -0.4 is 14.8 Å². The van der Waals surface area contributed by atoms with Gasteiger partial charge in [-0.1, -0.05) is 0 Å². The van der Waals surface area contributed by atoms with Gasteiger partial charge in [-0.25, -0.2) is 13.1 Å². The molecule has 1 aromatic heterocycles. The average molecular weight is 454 g/mol. The number of carbonyl (C=O) groups is 1. The number of halogens is 3. The van der Waals surface area contributed by atoms with E-state index in [0.717, 1.165) is 17.0 Å². The molecule has 1 amide bonds. The van der Waals surface area contributed by atoms with Gasteiger partial charge in [0.1, 0.15) is 5.75 Å². The fourth-order valence-corrected chi connectivity index (χ4v) is 3.21.